The molecule has 0 bridgehead atoms. The Morgan fingerprint density at radius 3 is 2.85 bits per heavy atom. The Labute approximate surface area is 161 Å². The summed E-state index contributed by atoms with van der Waals surface area (Å²) in [4.78, 5) is 15.5. The summed E-state index contributed by atoms with van der Waals surface area (Å²) in [6, 6.07) is 16.4. The van der Waals surface area contributed by atoms with Crippen LogP contribution in [-0.2, 0) is 13.2 Å². The fourth-order valence-electron chi connectivity index (χ4n) is 2.53. The second-order valence-electron chi connectivity index (χ2n) is 5.72. The zero-order chi connectivity index (χ0) is 19.1. The van der Waals surface area contributed by atoms with E-state index in [9.17, 15) is 4.79 Å². The maximum absolute atomic E-state index is 12.8. The normalized spacial score (nSPS) is 10.2. The number of nitriles is 1. The molecule has 0 unspecified atom stereocenters. The average molecular weight is 378 g/mol. The molecule has 6 heteroatoms. The Balaban J connectivity index is 1.67. The first-order valence-corrected chi connectivity index (χ1v) is 9.22. The van der Waals surface area contributed by atoms with Crippen LogP contribution < -0.4 is 4.74 Å². The van der Waals surface area contributed by atoms with Crippen molar-refractivity contribution in [3.8, 4) is 11.8 Å². The summed E-state index contributed by atoms with van der Waals surface area (Å²) in [6.45, 7) is 4.79. The lowest BCUT2D eigenvalue weighted by atomic mass is 10.2. The molecule has 136 valence electrons. The van der Waals surface area contributed by atoms with Crippen molar-refractivity contribution in [2.24, 2.45) is 0 Å². The molecule has 0 N–H and O–H groups in total. The van der Waals surface area contributed by atoms with Gasteiger partial charge in [0.15, 0.2) is 5.76 Å². The number of rotatable bonds is 8. The second-order valence-corrected chi connectivity index (χ2v) is 6.75. The maximum Gasteiger partial charge on any atom is 0.290 e. The van der Waals surface area contributed by atoms with Crippen molar-refractivity contribution in [1.82, 2.24) is 4.90 Å². The van der Waals surface area contributed by atoms with Crippen molar-refractivity contribution in [2.75, 3.05) is 6.54 Å². The molecule has 0 atom stereocenters. The Bertz CT molecular complexity index is 954. The first kappa shape index (κ1) is 18.5. The van der Waals surface area contributed by atoms with E-state index in [-0.39, 0.29) is 18.3 Å². The number of hydrogen-bond acceptors (Lipinski definition) is 5. The highest BCUT2D eigenvalue weighted by Gasteiger charge is 2.19. The molecule has 2 heterocycles. The Morgan fingerprint density at radius 1 is 1.26 bits per heavy atom. The van der Waals surface area contributed by atoms with Gasteiger partial charge < -0.3 is 14.1 Å². The van der Waals surface area contributed by atoms with Crippen LogP contribution in [0.1, 0.15) is 26.8 Å². The molecule has 1 aromatic carbocycles. The number of benzene rings is 1. The van der Waals surface area contributed by atoms with Gasteiger partial charge in [0, 0.05) is 11.4 Å². The SMILES string of the molecule is C=CCN(Cc1cccs1)C(=O)c1ccc(COc2ccccc2C#N)o1. The van der Waals surface area contributed by atoms with Crippen LogP contribution in [0.4, 0.5) is 0 Å². The van der Waals surface area contributed by atoms with Crippen LogP contribution in [0, 0.1) is 11.3 Å². The molecule has 0 aliphatic heterocycles. The van der Waals surface area contributed by atoms with Crippen LogP contribution >= 0.6 is 11.3 Å². The van der Waals surface area contributed by atoms with Crippen molar-refractivity contribution in [3.05, 3.63) is 88.5 Å². The third-order valence-electron chi connectivity index (χ3n) is 3.81. The Hall–Kier alpha value is -3.30. The van der Waals surface area contributed by atoms with Crippen LogP contribution in [-0.4, -0.2) is 17.4 Å². The number of hydrogen-bond donors (Lipinski definition) is 0. The van der Waals surface area contributed by atoms with E-state index in [1.165, 1.54) is 0 Å². The lowest BCUT2D eigenvalue weighted by molar-refractivity contribution is 0.0728. The molecule has 3 rings (SSSR count). The number of ether oxygens (including phenoxy) is 1. The first-order chi connectivity index (χ1) is 13.2. The number of thiophene rings is 1. The predicted octanol–water partition coefficient (Wildman–Crippen LogP) is 4.62. The minimum atomic E-state index is -0.202. The van der Waals surface area contributed by atoms with Crippen LogP contribution in [0.15, 0.2) is 71.0 Å². The quantitative estimate of drug-likeness (QED) is 0.537. The molecule has 0 saturated heterocycles. The summed E-state index contributed by atoms with van der Waals surface area (Å²) in [5.41, 5.74) is 0.452. The smallest absolute Gasteiger partial charge is 0.290 e. The van der Waals surface area contributed by atoms with Gasteiger partial charge in [-0.25, -0.2) is 0 Å². The number of furan rings is 1. The van der Waals surface area contributed by atoms with E-state index in [1.54, 1.807) is 58.7 Å². The molecule has 0 spiro atoms. The van der Waals surface area contributed by atoms with Gasteiger partial charge in [0.1, 0.15) is 24.2 Å². The molecule has 27 heavy (non-hydrogen) atoms. The number of para-hydroxylation sites is 1. The van der Waals surface area contributed by atoms with Crippen LogP contribution in [0.3, 0.4) is 0 Å². The Morgan fingerprint density at radius 2 is 2.11 bits per heavy atom. The number of nitrogens with zero attached hydrogens (tertiary/aromatic N) is 2. The predicted molar refractivity (Wildman–Crippen MR) is 103 cm³/mol. The van der Waals surface area contributed by atoms with E-state index in [2.05, 4.69) is 12.6 Å². The average Bonchev–Trinajstić information content (AvgIpc) is 3.37. The van der Waals surface area contributed by atoms with Crippen molar-refractivity contribution in [3.63, 3.8) is 0 Å². The zero-order valence-electron chi connectivity index (χ0n) is 14.6. The standard InChI is InChI=1S/C21H18N2O3S/c1-2-11-23(14-18-7-5-12-27-18)21(24)20-10-9-17(26-20)15-25-19-8-4-3-6-16(19)13-22/h2-10,12H,1,11,14-15H2. The minimum absolute atomic E-state index is 0.137. The number of carbonyl (C=O) groups is 1. The van der Waals surface area contributed by atoms with E-state index >= 15 is 0 Å². The molecule has 3 aromatic rings. The molecular weight excluding hydrogens is 360 g/mol. The third kappa shape index (κ3) is 4.66. The van der Waals surface area contributed by atoms with E-state index in [1.807, 2.05) is 17.5 Å². The van der Waals surface area contributed by atoms with E-state index in [0.29, 0.717) is 30.2 Å². The van der Waals surface area contributed by atoms with Crippen molar-refractivity contribution >= 4 is 17.2 Å². The zero-order valence-corrected chi connectivity index (χ0v) is 15.4. The summed E-state index contributed by atoms with van der Waals surface area (Å²) in [5.74, 6) is 1.04. The molecule has 0 radical (unpaired) electrons. The van der Waals surface area contributed by atoms with Gasteiger partial charge in [-0.1, -0.05) is 24.3 Å². The van der Waals surface area contributed by atoms with Gasteiger partial charge >= 0.3 is 0 Å². The van der Waals surface area contributed by atoms with Gasteiger partial charge in [-0.3, -0.25) is 4.79 Å². The van der Waals surface area contributed by atoms with Gasteiger partial charge in [0.25, 0.3) is 5.91 Å². The second kappa shape index (κ2) is 8.88. The molecule has 5 nitrogen and oxygen atoms in total. The monoisotopic (exact) mass is 378 g/mol. The van der Waals surface area contributed by atoms with Gasteiger partial charge in [-0.15, -0.1) is 17.9 Å². The molecule has 0 saturated carbocycles. The Kier molecular flexibility index (Phi) is 6.08. The first-order valence-electron chi connectivity index (χ1n) is 8.34. The minimum Gasteiger partial charge on any atom is -0.484 e. The van der Waals surface area contributed by atoms with Crippen LogP contribution in [0.25, 0.3) is 0 Å². The highest BCUT2D eigenvalue weighted by Crippen LogP contribution is 2.20. The largest absolute Gasteiger partial charge is 0.484 e. The summed E-state index contributed by atoms with van der Waals surface area (Å²) >= 11 is 1.60. The highest BCUT2D eigenvalue weighted by molar-refractivity contribution is 7.09. The molecular formula is C21H18N2O3S. The van der Waals surface area contributed by atoms with Crippen molar-refractivity contribution < 1.29 is 13.9 Å². The fourth-order valence-corrected chi connectivity index (χ4v) is 3.25. The molecule has 0 fully saturated rings. The topological polar surface area (TPSA) is 66.5 Å². The summed E-state index contributed by atoms with van der Waals surface area (Å²) in [5, 5.41) is 11.1. The number of amides is 1. The van der Waals surface area contributed by atoms with Crippen LogP contribution in [0.5, 0.6) is 5.75 Å². The van der Waals surface area contributed by atoms with E-state index in [4.69, 9.17) is 14.4 Å². The van der Waals surface area contributed by atoms with Gasteiger partial charge in [0.2, 0.25) is 0 Å². The highest BCUT2D eigenvalue weighted by atomic mass is 32.1. The lowest BCUT2D eigenvalue weighted by Crippen LogP contribution is -2.30. The molecule has 1 amide bonds. The summed E-state index contributed by atoms with van der Waals surface area (Å²) < 4.78 is 11.3. The van der Waals surface area contributed by atoms with Crippen molar-refractivity contribution in [1.29, 1.82) is 5.26 Å². The summed E-state index contributed by atoms with van der Waals surface area (Å²) in [6.07, 6.45) is 1.69. The van der Waals surface area contributed by atoms with Gasteiger partial charge in [-0.05, 0) is 35.7 Å². The number of carbonyl (C=O) groups excluding carboxylic acids is 1. The van der Waals surface area contributed by atoms with E-state index < -0.39 is 0 Å². The summed E-state index contributed by atoms with van der Waals surface area (Å²) in [7, 11) is 0. The maximum atomic E-state index is 12.8. The van der Waals surface area contributed by atoms with E-state index in [0.717, 1.165) is 4.88 Å². The molecule has 0 aliphatic carbocycles. The van der Waals surface area contributed by atoms with Gasteiger partial charge in [0.05, 0.1) is 12.1 Å². The van der Waals surface area contributed by atoms with Crippen LogP contribution in [0.2, 0.25) is 0 Å². The van der Waals surface area contributed by atoms with Gasteiger partial charge in [-0.2, -0.15) is 5.26 Å². The molecule has 0 aliphatic rings. The third-order valence-corrected chi connectivity index (χ3v) is 4.67. The molecule has 2 aromatic heterocycles. The van der Waals surface area contributed by atoms with Crippen molar-refractivity contribution in [2.45, 2.75) is 13.2 Å². The fraction of sp³-hybridized carbons (Fsp3) is 0.143. The lowest BCUT2D eigenvalue weighted by Gasteiger charge is -2.19.